The van der Waals surface area contributed by atoms with Gasteiger partial charge in [-0.25, -0.2) is 0 Å². The lowest BCUT2D eigenvalue weighted by Gasteiger charge is -2.29. The second kappa shape index (κ2) is 7.90. The van der Waals surface area contributed by atoms with Gasteiger partial charge >= 0.3 is 0 Å². The number of ether oxygens (including phenoxy) is 3. The summed E-state index contributed by atoms with van der Waals surface area (Å²) in [6.45, 7) is 2.29. The lowest BCUT2D eigenvalue weighted by Crippen LogP contribution is -2.42. The van der Waals surface area contributed by atoms with E-state index >= 15 is 0 Å². The van der Waals surface area contributed by atoms with Crippen molar-refractivity contribution in [2.45, 2.75) is 12.5 Å². The minimum Gasteiger partial charge on any atom is -0.376 e. The van der Waals surface area contributed by atoms with Crippen LogP contribution in [-0.4, -0.2) is 54.6 Å². The van der Waals surface area contributed by atoms with Crippen molar-refractivity contribution in [1.82, 2.24) is 0 Å². The largest absolute Gasteiger partial charge is 0.376 e. The van der Waals surface area contributed by atoms with Crippen LogP contribution in [0.25, 0.3) is 0 Å². The summed E-state index contributed by atoms with van der Waals surface area (Å²) in [5.41, 5.74) is 0. The van der Waals surface area contributed by atoms with Crippen molar-refractivity contribution in [3.8, 4) is 0 Å². The zero-order chi connectivity index (χ0) is 8.74. The molecule has 0 bridgehead atoms. The molecule has 0 aromatic carbocycles. The Hall–Kier alpha value is 0.274. The second-order valence-electron chi connectivity index (χ2n) is 1.96. The maximum atomic E-state index is 5.34. The summed E-state index contributed by atoms with van der Waals surface area (Å²) in [5, 5.41) is 0. The fourth-order valence-electron chi connectivity index (χ4n) is 0.757. The van der Waals surface area contributed by atoms with E-state index in [1.807, 2.05) is 6.55 Å². The second-order valence-corrected chi connectivity index (χ2v) is 2.82. The van der Waals surface area contributed by atoms with Crippen LogP contribution in [0.4, 0.5) is 0 Å². The van der Waals surface area contributed by atoms with Gasteiger partial charge < -0.3 is 18.6 Å². The topological polar surface area (TPSA) is 36.9 Å². The molecule has 0 unspecified atom stereocenters. The molecule has 0 atom stereocenters. The third-order valence-electron chi connectivity index (χ3n) is 1.31. The van der Waals surface area contributed by atoms with Gasteiger partial charge in [0.1, 0.15) is 6.61 Å². The highest BCUT2D eigenvalue weighted by Gasteiger charge is 2.29. The van der Waals surface area contributed by atoms with Gasteiger partial charge in [-0.3, -0.25) is 0 Å². The maximum absolute atomic E-state index is 5.34. The Morgan fingerprint density at radius 3 is 1.92 bits per heavy atom. The van der Waals surface area contributed by atoms with E-state index in [4.69, 9.17) is 18.6 Å². The van der Waals surface area contributed by atoms with Crippen molar-refractivity contribution in [3.05, 3.63) is 0 Å². The molecule has 76 valence electrons. The standard InChI is InChI=1S/C6H16O4Si.H4Si/c1-7-5-6(8-2,9-3)10-11-4;/h5,11H2,1-4H3;1H4. The molecule has 0 saturated heterocycles. The Balaban J connectivity index is 0. The first-order valence-electron chi connectivity index (χ1n) is 3.48. The third-order valence-corrected chi connectivity index (χ3v) is 2.04. The summed E-state index contributed by atoms with van der Waals surface area (Å²) in [5.74, 6) is -0.976. The van der Waals surface area contributed by atoms with Crippen LogP contribution in [0.1, 0.15) is 0 Å². The molecule has 4 nitrogen and oxygen atoms in total. The summed E-state index contributed by atoms with van der Waals surface area (Å²) >= 11 is 0. The zero-order valence-electron chi connectivity index (χ0n) is 7.55. The van der Waals surface area contributed by atoms with Crippen LogP contribution in [0, 0.1) is 0 Å². The van der Waals surface area contributed by atoms with Gasteiger partial charge in [0.15, 0.2) is 9.76 Å². The average molecular weight is 212 g/mol. The van der Waals surface area contributed by atoms with E-state index in [-0.39, 0.29) is 11.0 Å². The van der Waals surface area contributed by atoms with Crippen molar-refractivity contribution in [2.75, 3.05) is 27.9 Å². The van der Waals surface area contributed by atoms with E-state index in [9.17, 15) is 0 Å². The first-order chi connectivity index (χ1) is 5.24. The first-order valence-corrected chi connectivity index (χ1v) is 5.47. The zero-order valence-corrected chi connectivity index (χ0v) is 8.96. The van der Waals surface area contributed by atoms with E-state index < -0.39 is 15.7 Å². The number of rotatable bonds is 6. The minimum atomic E-state index is -0.976. The Kier molecular flexibility index (Phi) is 9.73. The van der Waals surface area contributed by atoms with Crippen LogP contribution in [0.15, 0.2) is 0 Å². The molecule has 0 spiro atoms. The van der Waals surface area contributed by atoms with Gasteiger partial charge in [-0.15, -0.1) is 0 Å². The third kappa shape index (κ3) is 4.34. The molecule has 0 rings (SSSR count). The number of hydrogen-bond acceptors (Lipinski definition) is 4. The highest BCUT2D eigenvalue weighted by Crippen LogP contribution is 2.12. The van der Waals surface area contributed by atoms with Gasteiger partial charge in [-0.2, -0.15) is 0 Å². The fraction of sp³-hybridized carbons (Fsp3) is 1.00. The van der Waals surface area contributed by atoms with Crippen LogP contribution < -0.4 is 0 Å². The quantitative estimate of drug-likeness (QED) is 0.388. The van der Waals surface area contributed by atoms with E-state index in [0.29, 0.717) is 6.61 Å². The highest BCUT2D eigenvalue weighted by molar-refractivity contribution is 6.24. The lowest BCUT2D eigenvalue weighted by molar-refractivity contribution is -0.339. The predicted molar refractivity (Wildman–Crippen MR) is 55.5 cm³/mol. The van der Waals surface area contributed by atoms with Gasteiger partial charge in [-0.05, 0) is 11.0 Å². The summed E-state index contributed by atoms with van der Waals surface area (Å²) in [4.78, 5) is 0. The van der Waals surface area contributed by atoms with E-state index in [1.165, 1.54) is 14.2 Å². The van der Waals surface area contributed by atoms with Crippen LogP contribution in [0.5, 0.6) is 0 Å². The Bertz CT molecular complexity index is 89.5. The lowest BCUT2D eigenvalue weighted by atomic mass is 10.6. The molecule has 0 saturated carbocycles. The Labute approximate surface area is 80.5 Å². The highest BCUT2D eigenvalue weighted by atomic mass is 28.2. The summed E-state index contributed by atoms with van der Waals surface area (Å²) in [7, 11) is 4.08. The number of hydrogen-bond donors (Lipinski definition) is 0. The molecule has 0 aromatic rings. The molecule has 0 aliphatic rings. The summed E-state index contributed by atoms with van der Waals surface area (Å²) in [6.07, 6.45) is 0. The monoisotopic (exact) mass is 212 g/mol. The molecule has 0 amide bonds. The molecule has 0 aliphatic heterocycles. The van der Waals surface area contributed by atoms with Crippen LogP contribution in [0.3, 0.4) is 0 Å². The van der Waals surface area contributed by atoms with Crippen LogP contribution >= 0.6 is 0 Å². The maximum Gasteiger partial charge on any atom is 0.297 e. The SMILES string of the molecule is COCC(OC)(OC)O[SiH2]C.[SiH4]. The molecule has 0 N–H and O–H groups in total. The van der Waals surface area contributed by atoms with Crippen molar-refractivity contribution in [3.63, 3.8) is 0 Å². The molecule has 0 aliphatic carbocycles. The average Bonchev–Trinajstić information content (AvgIpc) is 2.04. The van der Waals surface area contributed by atoms with Gasteiger partial charge in [-0.1, -0.05) is 6.55 Å². The van der Waals surface area contributed by atoms with Crippen molar-refractivity contribution in [1.29, 1.82) is 0 Å². The van der Waals surface area contributed by atoms with E-state index in [0.717, 1.165) is 0 Å². The summed E-state index contributed by atoms with van der Waals surface area (Å²) in [6, 6.07) is 0. The fourth-order valence-corrected chi connectivity index (χ4v) is 1.52. The van der Waals surface area contributed by atoms with Crippen LogP contribution in [0.2, 0.25) is 6.55 Å². The minimum absolute atomic E-state index is 0. The van der Waals surface area contributed by atoms with Gasteiger partial charge in [0.25, 0.3) is 5.97 Å². The van der Waals surface area contributed by atoms with Gasteiger partial charge in [0.05, 0.1) is 0 Å². The van der Waals surface area contributed by atoms with Crippen molar-refractivity contribution in [2.24, 2.45) is 0 Å². The molecule has 0 fully saturated rings. The molecule has 12 heavy (non-hydrogen) atoms. The van der Waals surface area contributed by atoms with Crippen molar-refractivity contribution >= 4 is 20.7 Å². The Morgan fingerprint density at radius 2 is 1.67 bits per heavy atom. The molecular formula is C6H20O4Si2. The molecule has 0 heterocycles. The van der Waals surface area contributed by atoms with E-state index in [1.54, 1.807) is 7.11 Å². The van der Waals surface area contributed by atoms with Crippen LogP contribution in [-0.2, 0) is 18.6 Å². The first kappa shape index (κ1) is 14.8. The number of methoxy groups -OCH3 is 3. The predicted octanol–water partition coefficient (Wildman–Crippen LogP) is -1.72. The normalized spacial score (nSPS) is 12.0. The Morgan fingerprint density at radius 1 is 1.17 bits per heavy atom. The van der Waals surface area contributed by atoms with Crippen molar-refractivity contribution < 1.29 is 18.6 Å². The molecule has 0 aromatic heterocycles. The van der Waals surface area contributed by atoms with Gasteiger partial charge in [0, 0.05) is 21.3 Å². The molecular weight excluding hydrogens is 192 g/mol. The van der Waals surface area contributed by atoms with E-state index in [2.05, 4.69) is 0 Å². The van der Waals surface area contributed by atoms with Gasteiger partial charge in [0.2, 0.25) is 0 Å². The molecule has 0 radical (unpaired) electrons. The smallest absolute Gasteiger partial charge is 0.297 e. The summed E-state index contributed by atoms with van der Waals surface area (Å²) < 4.78 is 20.3. The molecule has 6 heteroatoms.